The van der Waals surface area contributed by atoms with Crippen LogP contribution < -0.4 is 5.32 Å². The molecule has 19 heavy (non-hydrogen) atoms. The van der Waals surface area contributed by atoms with Gasteiger partial charge in [0.2, 0.25) is 5.91 Å². The van der Waals surface area contributed by atoms with Gasteiger partial charge in [-0.2, -0.15) is 0 Å². The third-order valence-electron chi connectivity index (χ3n) is 3.38. The predicted octanol–water partition coefficient (Wildman–Crippen LogP) is 3.41. The minimum atomic E-state index is 0.112. The Morgan fingerprint density at radius 2 is 2.05 bits per heavy atom. The molecule has 1 amide bonds. The van der Waals surface area contributed by atoms with Crippen LogP contribution in [0.4, 0.5) is 0 Å². The van der Waals surface area contributed by atoms with Gasteiger partial charge < -0.3 is 10.3 Å². The molecule has 0 radical (unpaired) electrons. The van der Waals surface area contributed by atoms with Gasteiger partial charge in [-0.05, 0) is 18.1 Å². The minimum Gasteiger partial charge on any atom is -0.361 e. The summed E-state index contributed by atoms with van der Waals surface area (Å²) >= 11 is 0. The van der Waals surface area contributed by atoms with E-state index < -0.39 is 0 Å². The number of H-pyrrole nitrogens is 1. The van der Waals surface area contributed by atoms with Gasteiger partial charge in [0.15, 0.2) is 0 Å². The lowest BCUT2D eigenvalue weighted by Crippen LogP contribution is -2.25. The number of amides is 1. The van der Waals surface area contributed by atoms with Crippen LogP contribution in [-0.4, -0.2) is 17.4 Å². The molecule has 0 aliphatic carbocycles. The lowest BCUT2D eigenvalue weighted by molar-refractivity contribution is -0.120. The van der Waals surface area contributed by atoms with E-state index in [9.17, 15) is 4.79 Å². The lowest BCUT2D eigenvalue weighted by atomic mass is 10.1. The van der Waals surface area contributed by atoms with E-state index in [0.29, 0.717) is 6.42 Å². The number of fused-ring (bicyclic) bond motifs is 1. The van der Waals surface area contributed by atoms with E-state index in [-0.39, 0.29) is 5.91 Å². The fourth-order valence-corrected chi connectivity index (χ4v) is 2.29. The molecule has 0 saturated heterocycles. The Bertz CT molecular complexity index is 530. The number of nitrogens with one attached hydrogen (secondary N) is 2. The first-order chi connectivity index (χ1) is 9.31. The molecule has 0 saturated carbocycles. The second kappa shape index (κ2) is 6.98. The van der Waals surface area contributed by atoms with Crippen LogP contribution in [0.2, 0.25) is 0 Å². The van der Waals surface area contributed by atoms with Gasteiger partial charge >= 0.3 is 0 Å². The summed E-state index contributed by atoms with van der Waals surface area (Å²) in [6, 6.07) is 8.08. The number of unbranched alkanes of at least 4 members (excludes halogenated alkanes) is 3. The van der Waals surface area contributed by atoms with E-state index in [0.717, 1.165) is 29.4 Å². The fraction of sp³-hybridized carbons (Fsp3) is 0.438. The van der Waals surface area contributed by atoms with E-state index >= 15 is 0 Å². The molecule has 1 aromatic carbocycles. The molecule has 1 heterocycles. The van der Waals surface area contributed by atoms with Crippen LogP contribution in [0, 0.1) is 0 Å². The summed E-state index contributed by atoms with van der Waals surface area (Å²) in [6.07, 6.45) is 7.14. The molecule has 2 N–H and O–H groups in total. The van der Waals surface area contributed by atoms with Gasteiger partial charge in [-0.25, -0.2) is 0 Å². The Morgan fingerprint density at radius 3 is 2.89 bits per heavy atom. The third-order valence-corrected chi connectivity index (χ3v) is 3.38. The number of para-hydroxylation sites is 1. The molecule has 0 unspecified atom stereocenters. The highest BCUT2D eigenvalue weighted by atomic mass is 16.1. The monoisotopic (exact) mass is 258 g/mol. The van der Waals surface area contributed by atoms with Crippen molar-refractivity contribution in [2.45, 2.75) is 39.0 Å². The van der Waals surface area contributed by atoms with Crippen molar-refractivity contribution in [1.82, 2.24) is 10.3 Å². The van der Waals surface area contributed by atoms with Crippen molar-refractivity contribution >= 4 is 16.8 Å². The van der Waals surface area contributed by atoms with Crippen molar-refractivity contribution in [3.05, 3.63) is 36.0 Å². The normalized spacial score (nSPS) is 10.8. The number of aromatic amines is 1. The van der Waals surface area contributed by atoms with E-state index in [1.54, 1.807) is 0 Å². The summed E-state index contributed by atoms with van der Waals surface area (Å²) < 4.78 is 0. The average molecular weight is 258 g/mol. The highest BCUT2D eigenvalue weighted by Crippen LogP contribution is 2.17. The minimum absolute atomic E-state index is 0.112. The van der Waals surface area contributed by atoms with E-state index in [2.05, 4.69) is 23.3 Å². The quantitative estimate of drug-likeness (QED) is 0.734. The molecule has 0 aliphatic rings. The molecule has 2 rings (SSSR count). The van der Waals surface area contributed by atoms with Crippen molar-refractivity contribution in [2.24, 2.45) is 0 Å². The standard InChI is InChI=1S/C16H22N2O/c1-2-3-4-7-10-17-16(19)11-13-12-18-15-9-6-5-8-14(13)15/h5-6,8-9,12,18H,2-4,7,10-11H2,1H3,(H,17,19). The van der Waals surface area contributed by atoms with Crippen molar-refractivity contribution in [1.29, 1.82) is 0 Å². The van der Waals surface area contributed by atoms with Crippen molar-refractivity contribution < 1.29 is 4.79 Å². The molecular formula is C16H22N2O. The van der Waals surface area contributed by atoms with Crippen LogP contribution in [0.5, 0.6) is 0 Å². The first kappa shape index (κ1) is 13.7. The Balaban J connectivity index is 1.82. The SMILES string of the molecule is CCCCCCNC(=O)Cc1c[nH]c2ccccc12. The van der Waals surface area contributed by atoms with Crippen LogP contribution in [-0.2, 0) is 11.2 Å². The predicted molar refractivity (Wildman–Crippen MR) is 79.2 cm³/mol. The largest absolute Gasteiger partial charge is 0.361 e. The summed E-state index contributed by atoms with van der Waals surface area (Å²) in [6.45, 7) is 2.98. The zero-order valence-electron chi connectivity index (χ0n) is 11.5. The molecule has 102 valence electrons. The summed E-state index contributed by atoms with van der Waals surface area (Å²) in [4.78, 5) is 15.1. The summed E-state index contributed by atoms with van der Waals surface area (Å²) in [5.74, 6) is 0.112. The maximum atomic E-state index is 11.9. The molecule has 2 aromatic rings. The number of aromatic nitrogens is 1. The number of hydrogen-bond acceptors (Lipinski definition) is 1. The maximum absolute atomic E-state index is 11.9. The van der Waals surface area contributed by atoms with Gasteiger partial charge in [-0.15, -0.1) is 0 Å². The number of benzene rings is 1. The molecule has 0 aliphatic heterocycles. The zero-order chi connectivity index (χ0) is 13.5. The van der Waals surface area contributed by atoms with Crippen LogP contribution >= 0.6 is 0 Å². The average Bonchev–Trinajstić information content (AvgIpc) is 2.82. The van der Waals surface area contributed by atoms with Gasteiger partial charge in [0.1, 0.15) is 0 Å². The first-order valence-electron chi connectivity index (χ1n) is 7.13. The summed E-state index contributed by atoms with van der Waals surface area (Å²) in [5, 5.41) is 4.13. The zero-order valence-corrected chi connectivity index (χ0v) is 11.5. The highest BCUT2D eigenvalue weighted by molar-refractivity contribution is 5.88. The molecular weight excluding hydrogens is 236 g/mol. The van der Waals surface area contributed by atoms with Gasteiger partial charge in [0, 0.05) is 23.6 Å². The topological polar surface area (TPSA) is 44.9 Å². The molecule has 0 fully saturated rings. The molecule has 3 nitrogen and oxygen atoms in total. The van der Waals surface area contributed by atoms with E-state index in [1.165, 1.54) is 19.3 Å². The number of carbonyl (C=O) groups is 1. The van der Waals surface area contributed by atoms with Crippen molar-refractivity contribution in [3.63, 3.8) is 0 Å². The maximum Gasteiger partial charge on any atom is 0.224 e. The van der Waals surface area contributed by atoms with Crippen LogP contribution in [0.3, 0.4) is 0 Å². The second-order valence-corrected chi connectivity index (χ2v) is 4.95. The van der Waals surface area contributed by atoms with E-state index in [1.807, 2.05) is 24.4 Å². The number of hydrogen-bond donors (Lipinski definition) is 2. The van der Waals surface area contributed by atoms with E-state index in [4.69, 9.17) is 0 Å². The lowest BCUT2D eigenvalue weighted by Gasteiger charge is -2.04. The van der Waals surface area contributed by atoms with Crippen molar-refractivity contribution in [3.8, 4) is 0 Å². The highest BCUT2D eigenvalue weighted by Gasteiger charge is 2.07. The smallest absolute Gasteiger partial charge is 0.224 e. The molecule has 0 spiro atoms. The molecule has 1 aromatic heterocycles. The van der Waals surface area contributed by atoms with Crippen LogP contribution in [0.25, 0.3) is 10.9 Å². The Kier molecular flexibility index (Phi) is 5.01. The fourth-order valence-electron chi connectivity index (χ4n) is 2.29. The van der Waals surface area contributed by atoms with Gasteiger partial charge in [-0.3, -0.25) is 4.79 Å². The Labute approximate surface area is 114 Å². The summed E-state index contributed by atoms with van der Waals surface area (Å²) in [7, 11) is 0. The Hall–Kier alpha value is -1.77. The van der Waals surface area contributed by atoms with Gasteiger partial charge in [-0.1, -0.05) is 44.4 Å². The molecule has 0 bridgehead atoms. The van der Waals surface area contributed by atoms with Gasteiger partial charge in [0.25, 0.3) is 0 Å². The molecule has 3 heteroatoms. The number of carbonyl (C=O) groups excluding carboxylic acids is 1. The third kappa shape index (κ3) is 3.85. The second-order valence-electron chi connectivity index (χ2n) is 4.95. The van der Waals surface area contributed by atoms with Gasteiger partial charge in [0.05, 0.1) is 6.42 Å². The number of rotatable bonds is 7. The van der Waals surface area contributed by atoms with Crippen molar-refractivity contribution in [2.75, 3.05) is 6.54 Å². The summed E-state index contributed by atoms with van der Waals surface area (Å²) in [5.41, 5.74) is 2.16. The Morgan fingerprint density at radius 1 is 1.21 bits per heavy atom. The first-order valence-corrected chi connectivity index (χ1v) is 7.13. The van der Waals surface area contributed by atoms with Crippen LogP contribution in [0.1, 0.15) is 38.2 Å². The molecule has 0 atom stereocenters. The van der Waals surface area contributed by atoms with Crippen LogP contribution in [0.15, 0.2) is 30.5 Å².